The van der Waals surface area contributed by atoms with Crippen molar-refractivity contribution >= 4 is 24.8 Å². The molecule has 0 aliphatic carbocycles. The van der Waals surface area contributed by atoms with Crippen molar-refractivity contribution in [1.29, 1.82) is 0 Å². The van der Waals surface area contributed by atoms with E-state index in [4.69, 9.17) is 0 Å². The smallest absolute Gasteiger partial charge is 0.0638 e. The molecular formula is C35H40Cl2Hf-2. The molecule has 0 unspecified atom stereocenters. The Morgan fingerprint density at radius 2 is 1.08 bits per heavy atom. The number of hydrogen-bond acceptors (Lipinski definition) is 0. The third-order valence-electron chi connectivity index (χ3n) is 6.21. The van der Waals surface area contributed by atoms with Gasteiger partial charge in [0.15, 0.2) is 0 Å². The zero-order valence-electron chi connectivity index (χ0n) is 24.0. The summed E-state index contributed by atoms with van der Waals surface area (Å²) in [6, 6.07) is 34.9. The largest absolute Gasteiger partial charge is 1.00 e. The fourth-order valence-corrected chi connectivity index (χ4v) is 4.15. The number of rotatable bonds is 1. The van der Waals surface area contributed by atoms with Crippen LogP contribution in [-0.4, -0.2) is 3.26 Å². The molecule has 0 amide bonds. The van der Waals surface area contributed by atoms with Crippen LogP contribution in [0, 0.1) is 0 Å². The summed E-state index contributed by atoms with van der Waals surface area (Å²) in [4.78, 5) is 0. The third-order valence-corrected chi connectivity index (χ3v) is 6.21. The van der Waals surface area contributed by atoms with Crippen molar-refractivity contribution in [2.75, 3.05) is 0 Å². The average Bonchev–Trinajstić information content (AvgIpc) is 3.46. The second-order valence-corrected chi connectivity index (χ2v) is 15.4. The van der Waals surface area contributed by atoms with Crippen LogP contribution in [0.1, 0.15) is 66.5 Å². The van der Waals surface area contributed by atoms with Gasteiger partial charge in [-0.25, -0.2) is 0 Å². The van der Waals surface area contributed by atoms with Crippen molar-refractivity contribution in [2.24, 2.45) is 0 Å². The molecule has 0 heterocycles. The minimum atomic E-state index is 0. The Hall–Kier alpha value is -1.80. The van der Waals surface area contributed by atoms with Crippen molar-refractivity contribution in [2.45, 2.75) is 66.2 Å². The molecule has 0 bridgehead atoms. The van der Waals surface area contributed by atoms with Crippen LogP contribution in [-0.2, 0) is 34.7 Å². The van der Waals surface area contributed by atoms with Gasteiger partial charge in [-0.05, 0) is 10.8 Å². The van der Waals surface area contributed by atoms with E-state index in [2.05, 4.69) is 146 Å². The third kappa shape index (κ3) is 9.44. The molecule has 0 saturated heterocycles. The summed E-state index contributed by atoms with van der Waals surface area (Å²) in [6.07, 6.45) is 0. The van der Waals surface area contributed by atoms with Crippen LogP contribution in [0.3, 0.4) is 0 Å². The Labute approximate surface area is 257 Å². The summed E-state index contributed by atoms with van der Waals surface area (Å²) in [5.41, 5.74) is 5.80. The SMILES string of the molecule is CC(C)(C)c1ccc2c(c1)[cH-]c1cc(C(C)(C)C)ccc12.C[C](C)=[Hf+2].[Cl-].[Cl-].c1ccc(-c2ccc[cH-]2)cc1. The molecule has 0 atom stereocenters. The monoisotopic (exact) mass is 710 g/mol. The maximum absolute atomic E-state index is 2.35. The quantitative estimate of drug-likeness (QED) is 0.182. The van der Waals surface area contributed by atoms with Gasteiger partial charge >= 0.3 is 41.0 Å². The van der Waals surface area contributed by atoms with Crippen molar-refractivity contribution in [3.63, 3.8) is 0 Å². The second-order valence-electron chi connectivity index (χ2n) is 11.8. The molecule has 38 heavy (non-hydrogen) atoms. The Morgan fingerprint density at radius 1 is 0.632 bits per heavy atom. The first-order valence-corrected chi connectivity index (χ1v) is 14.6. The molecule has 0 N–H and O–H groups in total. The zero-order chi connectivity index (χ0) is 26.5. The molecule has 3 heteroatoms. The molecule has 5 aromatic rings. The molecule has 0 spiro atoms. The number of benzene rings is 3. The molecule has 5 rings (SSSR count). The van der Waals surface area contributed by atoms with Crippen molar-refractivity contribution < 1.29 is 48.7 Å². The van der Waals surface area contributed by atoms with Gasteiger partial charge in [0, 0.05) is 0 Å². The number of fused-ring (bicyclic) bond motifs is 3. The van der Waals surface area contributed by atoms with Crippen LogP contribution < -0.4 is 24.8 Å². The molecule has 0 radical (unpaired) electrons. The predicted molar refractivity (Wildman–Crippen MR) is 158 cm³/mol. The van der Waals surface area contributed by atoms with Gasteiger partial charge < -0.3 is 24.8 Å². The van der Waals surface area contributed by atoms with E-state index < -0.39 is 0 Å². The Kier molecular flexibility index (Phi) is 13.1. The van der Waals surface area contributed by atoms with Gasteiger partial charge in [-0.1, -0.05) is 107 Å². The Balaban J connectivity index is 0.000000358. The van der Waals surface area contributed by atoms with E-state index in [1.165, 1.54) is 67.7 Å². The van der Waals surface area contributed by atoms with Crippen LogP contribution in [0.15, 0.2) is 97.1 Å². The van der Waals surface area contributed by atoms with Crippen molar-refractivity contribution in [3.05, 3.63) is 108 Å². The summed E-state index contributed by atoms with van der Waals surface area (Å²) in [5.74, 6) is 0. The summed E-state index contributed by atoms with van der Waals surface area (Å²) in [7, 11) is 0. The number of halogens is 2. The number of hydrogen-bond donors (Lipinski definition) is 0. The van der Waals surface area contributed by atoms with Gasteiger partial charge in [0.05, 0.1) is 0 Å². The van der Waals surface area contributed by atoms with E-state index in [0.29, 0.717) is 0 Å². The summed E-state index contributed by atoms with van der Waals surface area (Å²) in [6.45, 7) is 17.9. The van der Waals surface area contributed by atoms with E-state index >= 15 is 0 Å². The maximum atomic E-state index is 2.35. The predicted octanol–water partition coefficient (Wildman–Crippen LogP) is 4.13. The van der Waals surface area contributed by atoms with Gasteiger partial charge in [0.1, 0.15) is 0 Å². The molecule has 0 fully saturated rings. The maximum Gasteiger partial charge on any atom is -0.0638 e. The second kappa shape index (κ2) is 14.5. The summed E-state index contributed by atoms with van der Waals surface area (Å²) < 4.78 is 1.56. The van der Waals surface area contributed by atoms with Crippen molar-refractivity contribution in [3.8, 4) is 11.1 Å². The van der Waals surface area contributed by atoms with E-state index in [0.717, 1.165) is 0 Å². The van der Waals surface area contributed by atoms with Gasteiger partial charge in [0.2, 0.25) is 0 Å². The minimum Gasteiger partial charge on any atom is -1.00 e. The van der Waals surface area contributed by atoms with E-state index in [-0.39, 0.29) is 35.6 Å². The molecule has 5 aromatic carbocycles. The molecule has 0 saturated carbocycles. The first kappa shape index (κ1) is 34.2. The van der Waals surface area contributed by atoms with Crippen LogP contribution in [0.5, 0.6) is 0 Å². The van der Waals surface area contributed by atoms with Gasteiger partial charge in [0.25, 0.3) is 0 Å². The fraction of sp³-hybridized carbons (Fsp3) is 0.286. The van der Waals surface area contributed by atoms with Crippen LogP contribution in [0.2, 0.25) is 0 Å². The van der Waals surface area contributed by atoms with Gasteiger partial charge in [-0.3, -0.25) is 0 Å². The minimum absolute atomic E-state index is 0. The molecular weight excluding hydrogens is 670 g/mol. The molecule has 200 valence electrons. The summed E-state index contributed by atoms with van der Waals surface area (Å²) in [5, 5.41) is 5.48. The van der Waals surface area contributed by atoms with E-state index in [1.54, 1.807) is 3.26 Å². The zero-order valence-corrected chi connectivity index (χ0v) is 29.1. The molecule has 0 aliphatic rings. The average molecular weight is 710 g/mol. The van der Waals surface area contributed by atoms with Crippen LogP contribution in [0.4, 0.5) is 0 Å². The summed E-state index contributed by atoms with van der Waals surface area (Å²) >= 11 is 1.27. The Bertz CT molecular complexity index is 1340. The first-order chi connectivity index (χ1) is 16.9. The molecule has 0 nitrogen and oxygen atoms in total. The first-order valence-electron chi connectivity index (χ1n) is 12.8. The van der Waals surface area contributed by atoms with Crippen molar-refractivity contribution in [1.82, 2.24) is 0 Å². The standard InChI is InChI=1S/C21H25.C11H9.C3H6.2ClH.Hf/c1-20(2,3)16-7-9-18-14(12-16)11-15-13-17(21(4,5)6)8-10-19(15)18;1-2-6-10(7-3-1)11-8-4-5-9-11;1-3-2;;;/h7-13H,1-6H3;1-9H;1-2H3;2*1H;/q2*-1;;;;+2/p-2. The molecule has 0 aliphatic heterocycles. The van der Waals surface area contributed by atoms with Gasteiger partial charge in [-0.15, -0.1) is 51.4 Å². The normalized spacial score (nSPS) is 10.9. The Morgan fingerprint density at radius 3 is 1.45 bits per heavy atom. The van der Waals surface area contributed by atoms with Gasteiger partial charge in [-0.2, -0.15) is 23.8 Å². The van der Waals surface area contributed by atoms with Crippen LogP contribution >= 0.6 is 0 Å². The topological polar surface area (TPSA) is 0 Å². The fourth-order valence-electron chi connectivity index (χ4n) is 4.15. The van der Waals surface area contributed by atoms with E-state index in [1.807, 2.05) is 6.07 Å². The van der Waals surface area contributed by atoms with Crippen LogP contribution in [0.25, 0.3) is 32.7 Å². The molecule has 0 aromatic heterocycles. The van der Waals surface area contributed by atoms with E-state index in [9.17, 15) is 0 Å².